The molecular formula is C22H21ClN4O3S2. The Morgan fingerprint density at radius 3 is 2.59 bits per heavy atom. The lowest BCUT2D eigenvalue weighted by Gasteiger charge is -2.28. The first-order valence-corrected chi connectivity index (χ1v) is 12.7. The van der Waals surface area contributed by atoms with Crippen LogP contribution < -0.4 is 9.62 Å². The van der Waals surface area contributed by atoms with Gasteiger partial charge in [0.1, 0.15) is 4.90 Å². The molecular weight excluding hydrogens is 468 g/mol. The molecule has 0 bridgehead atoms. The predicted octanol–water partition coefficient (Wildman–Crippen LogP) is 4.79. The third kappa shape index (κ3) is 4.32. The molecule has 0 saturated heterocycles. The van der Waals surface area contributed by atoms with E-state index in [0.717, 1.165) is 11.8 Å². The van der Waals surface area contributed by atoms with Gasteiger partial charge in [0, 0.05) is 23.3 Å². The molecule has 1 aromatic heterocycles. The zero-order chi connectivity index (χ0) is 23.0. The molecule has 1 N–H and O–H groups in total. The number of halogens is 1. The van der Waals surface area contributed by atoms with E-state index in [1.165, 1.54) is 23.1 Å². The van der Waals surface area contributed by atoms with Gasteiger partial charge in [-0.15, -0.1) is 0 Å². The zero-order valence-electron chi connectivity index (χ0n) is 17.7. The summed E-state index contributed by atoms with van der Waals surface area (Å²) in [7, 11) is -2.29. The van der Waals surface area contributed by atoms with Crippen molar-refractivity contribution in [2.45, 2.75) is 29.8 Å². The molecule has 32 heavy (non-hydrogen) atoms. The number of sulfonamides is 1. The average molecular weight is 489 g/mol. The van der Waals surface area contributed by atoms with Crippen LogP contribution >= 0.6 is 23.4 Å². The Hall–Kier alpha value is -2.62. The van der Waals surface area contributed by atoms with E-state index in [1.807, 2.05) is 24.3 Å². The van der Waals surface area contributed by atoms with Gasteiger partial charge in [-0.05, 0) is 41.8 Å². The van der Waals surface area contributed by atoms with E-state index in [-0.39, 0.29) is 22.2 Å². The van der Waals surface area contributed by atoms with Gasteiger partial charge in [0.05, 0.1) is 23.3 Å². The lowest BCUT2D eigenvalue weighted by atomic mass is 10.0. The highest BCUT2D eigenvalue weighted by atomic mass is 35.5. The molecule has 2 aromatic carbocycles. The monoisotopic (exact) mass is 488 g/mol. The average Bonchev–Trinajstić information content (AvgIpc) is 2.76. The summed E-state index contributed by atoms with van der Waals surface area (Å²) in [5, 5.41) is 3.62. The first kappa shape index (κ1) is 22.6. The second-order valence-corrected chi connectivity index (χ2v) is 10.9. The highest BCUT2D eigenvalue weighted by molar-refractivity contribution is 7.99. The summed E-state index contributed by atoms with van der Waals surface area (Å²) < 4.78 is 26.9. The number of nitrogens with zero attached hydrogens (tertiary/aromatic N) is 3. The first-order chi connectivity index (χ1) is 15.2. The second-order valence-electron chi connectivity index (χ2n) is 7.61. The minimum absolute atomic E-state index is 0.00816. The normalized spacial score (nSPS) is 14.1. The van der Waals surface area contributed by atoms with Crippen LogP contribution in [0, 0.1) is 0 Å². The van der Waals surface area contributed by atoms with Crippen molar-refractivity contribution in [2.24, 2.45) is 0 Å². The van der Waals surface area contributed by atoms with E-state index in [2.05, 4.69) is 29.1 Å². The molecule has 1 aliphatic rings. The number of carbonyl (C=O) groups excluding carboxylic acids is 1. The molecule has 0 spiro atoms. The fourth-order valence-corrected chi connectivity index (χ4v) is 5.42. The summed E-state index contributed by atoms with van der Waals surface area (Å²) in [6, 6.07) is 12.7. The molecule has 1 amide bonds. The smallest absolute Gasteiger partial charge is 0.267 e. The van der Waals surface area contributed by atoms with Crippen LogP contribution in [0.5, 0.6) is 0 Å². The van der Waals surface area contributed by atoms with Crippen molar-refractivity contribution in [1.82, 2.24) is 9.97 Å². The van der Waals surface area contributed by atoms with Crippen LogP contribution in [0.25, 0.3) is 11.3 Å². The minimum Gasteiger partial charge on any atom is -0.325 e. The lowest BCUT2D eigenvalue weighted by Crippen LogP contribution is -2.31. The highest BCUT2D eigenvalue weighted by Gasteiger charge is 2.34. The SMILES string of the molecule is CC(C)c1ccc(NC(=O)CSc2ncc3c(n2)-c2cc(Cl)ccc2N(C)S3(=O)=O)cc1. The van der Waals surface area contributed by atoms with Gasteiger partial charge in [-0.2, -0.15) is 0 Å². The number of aromatic nitrogens is 2. The van der Waals surface area contributed by atoms with Crippen LogP contribution in [0.3, 0.4) is 0 Å². The van der Waals surface area contributed by atoms with Crippen molar-refractivity contribution in [3.05, 3.63) is 59.2 Å². The molecule has 166 valence electrons. The standard InChI is InChI=1S/C22H21ClN4O3S2/c1-13(2)14-4-7-16(8-5-14)25-20(28)12-31-22-24-11-19-21(26-22)17-10-15(23)6-9-18(17)27(3)32(19,29)30/h4-11,13H,12H2,1-3H3,(H,25,28). The topological polar surface area (TPSA) is 92.3 Å². The third-order valence-electron chi connectivity index (χ3n) is 5.12. The van der Waals surface area contributed by atoms with Gasteiger partial charge in [0.15, 0.2) is 5.16 Å². The van der Waals surface area contributed by atoms with Crippen LogP contribution in [0.4, 0.5) is 11.4 Å². The molecule has 10 heteroatoms. The largest absolute Gasteiger partial charge is 0.325 e. The van der Waals surface area contributed by atoms with Gasteiger partial charge in [0.2, 0.25) is 5.91 Å². The van der Waals surface area contributed by atoms with Gasteiger partial charge in [-0.3, -0.25) is 9.10 Å². The Kier molecular flexibility index (Phi) is 6.15. The molecule has 0 unspecified atom stereocenters. The Balaban J connectivity index is 1.53. The molecule has 7 nitrogen and oxygen atoms in total. The Morgan fingerprint density at radius 2 is 1.91 bits per heavy atom. The first-order valence-electron chi connectivity index (χ1n) is 9.85. The Bertz CT molecular complexity index is 1300. The summed E-state index contributed by atoms with van der Waals surface area (Å²) in [6.07, 6.45) is 1.28. The molecule has 0 aliphatic carbocycles. The number of hydrogen-bond donors (Lipinski definition) is 1. The number of fused-ring (bicyclic) bond motifs is 3. The zero-order valence-corrected chi connectivity index (χ0v) is 20.1. The maximum Gasteiger partial charge on any atom is 0.267 e. The van der Waals surface area contributed by atoms with Crippen molar-refractivity contribution < 1.29 is 13.2 Å². The molecule has 0 saturated carbocycles. The number of nitrogens with one attached hydrogen (secondary N) is 1. The van der Waals surface area contributed by atoms with Gasteiger partial charge < -0.3 is 5.32 Å². The highest BCUT2D eigenvalue weighted by Crippen LogP contribution is 2.42. The summed E-state index contributed by atoms with van der Waals surface area (Å²) >= 11 is 7.27. The fourth-order valence-electron chi connectivity index (χ4n) is 3.33. The molecule has 0 fully saturated rings. The number of hydrogen-bond acceptors (Lipinski definition) is 6. The van der Waals surface area contributed by atoms with E-state index in [1.54, 1.807) is 18.2 Å². The number of rotatable bonds is 5. The number of thioether (sulfide) groups is 1. The van der Waals surface area contributed by atoms with Crippen LogP contribution in [0.2, 0.25) is 5.02 Å². The van der Waals surface area contributed by atoms with Gasteiger partial charge in [-0.25, -0.2) is 18.4 Å². The molecule has 1 aliphatic heterocycles. The number of carbonyl (C=O) groups is 1. The number of anilines is 2. The Labute approximate surface area is 196 Å². The van der Waals surface area contributed by atoms with E-state index < -0.39 is 10.0 Å². The molecule has 4 rings (SSSR count). The summed E-state index contributed by atoms with van der Waals surface area (Å²) in [4.78, 5) is 21.0. The lowest BCUT2D eigenvalue weighted by molar-refractivity contribution is -0.113. The number of benzene rings is 2. The summed E-state index contributed by atoms with van der Waals surface area (Å²) in [6.45, 7) is 4.22. The van der Waals surface area contributed by atoms with Gasteiger partial charge in [-0.1, -0.05) is 49.3 Å². The van der Waals surface area contributed by atoms with Gasteiger partial charge in [0.25, 0.3) is 10.0 Å². The van der Waals surface area contributed by atoms with Crippen molar-refractivity contribution in [2.75, 3.05) is 22.4 Å². The maximum atomic E-state index is 12.8. The van der Waals surface area contributed by atoms with E-state index in [0.29, 0.717) is 33.0 Å². The molecule has 3 aromatic rings. The van der Waals surface area contributed by atoms with Gasteiger partial charge >= 0.3 is 0 Å². The van der Waals surface area contributed by atoms with Crippen molar-refractivity contribution in [3.63, 3.8) is 0 Å². The second kappa shape index (κ2) is 8.73. The quantitative estimate of drug-likeness (QED) is 0.410. The minimum atomic E-state index is -3.77. The maximum absolute atomic E-state index is 12.8. The van der Waals surface area contributed by atoms with Crippen LogP contribution in [0.1, 0.15) is 25.3 Å². The molecule has 2 heterocycles. The van der Waals surface area contributed by atoms with E-state index >= 15 is 0 Å². The predicted molar refractivity (Wildman–Crippen MR) is 128 cm³/mol. The summed E-state index contributed by atoms with van der Waals surface area (Å²) in [5.74, 6) is 0.296. The van der Waals surface area contributed by atoms with Crippen LogP contribution in [0.15, 0.2) is 58.7 Å². The van der Waals surface area contributed by atoms with Crippen molar-refractivity contribution in [3.8, 4) is 11.3 Å². The van der Waals surface area contributed by atoms with Crippen molar-refractivity contribution >= 4 is 50.7 Å². The molecule has 0 radical (unpaired) electrons. The molecule has 0 atom stereocenters. The van der Waals surface area contributed by atoms with Crippen molar-refractivity contribution in [1.29, 1.82) is 0 Å². The van der Waals surface area contributed by atoms with Crippen LogP contribution in [-0.2, 0) is 14.8 Å². The summed E-state index contributed by atoms with van der Waals surface area (Å²) in [5.41, 5.74) is 3.27. The number of amides is 1. The van der Waals surface area contributed by atoms with Crippen LogP contribution in [-0.4, -0.2) is 37.1 Å². The van der Waals surface area contributed by atoms with E-state index in [4.69, 9.17) is 11.6 Å². The fraction of sp³-hybridized carbons (Fsp3) is 0.227. The van der Waals surface area contributed by atoms with E-state index in [9.17, 15) is 13.2 Å². The third-order valence-corrected chi connectivity index (χ3v) is 7.99. The Morgan fingerprint density at radius 1 is 1.19 bits per heavy atom.